The maximum atomic E-state index is 12.9. The average Bonchev–Trinajstić information content (AvgIpc) is 1.74. The maximum absolute atomic E-state index is 12.9. The molecule has 0 aromatic rings. The zero-order chi connectivity index (χ0) is 73.7. The van der Waals surface area contributed by atoms with Gasteiger partial charge in [0.1, 0.15) is 25.4 Å². The molecular weight excluding hydrogens is 1310 g/mol. The third kappa shape index (κ3) is 77.6. The van der Waals surface area contributed by atoms with Gasteiger partial charge in [0.2, 0.25) is 0 Å². The van der Waals surface area contributed by atoms with E-state index in [1.807, 2.05) is 0 Å². The Morgan fingerprint density at radius 2 is 0.525 bits per heavy atom. The molecule has 18 heteroatoms. The molecule has 0 fully saturated rings. The van der Waals surface area contributed by atoms with Crippen molar-refractivity contribution in [3.8, 4) is 0 Å². The minimum absolute atomic E-state index is 0.110. The zero-order valence-corrected chi connectivity index (χ0v) is 66.1. The number of phosphoric acid groups is 2. The molecule has 5 atom stereocenters. The number of aliphatic hydroxyl groups excluding tert-OH is 2. The van der Waals surface area contributed by atoms with E-state index in [0.29, 0.717) is 19.3 Å². The van der Waals surface area contributed by atoms with Gasteiger partial charge in [-0.05, 0) is 96.3 Å². The fraction of sp³-hybridized carbons (Fsp3) is 0.795. The van der Waals surface area contributed by atoms with Crippen molar-refractivity contribution in [3.05, 3.63) is 85.1 Å². The number of ether oxygens (including phenoxy) is 3. The predicted octanol–water partition coefficient (Wildman–Crippen LogP) is 24.0. The molecule has 0 saturated heterocycles. The molecule has 101 heavy (non-hydrogen) atoms. The summed E-state index contributed by atoms with van der Waals surface area (Å²) >= 11 is 0. The van der Waals surface area contributed by atoms with Gasteiger partial charge in [-0.1, -0.05) is 337 Å². The van der Waals surface area contributed by atoms with Gasteiger partial charge in [0.15, 0.2) is 6.10 Å². The lowest BCUT2D eigenvalue weighted by Gasteiger charge is -2.21. The van der Waals surface area contributed by atoms with E-state index in [2.05, 4.69) is 106 Å². The van der Waals surface area contributed by atoms with E-state index in [0.717, 1.165) is 122 Å². The highest BCUT2D eigenvalue weighted by Gasteiger charge is 2.29. The van der Waals surface area contributed by atoms with Crippen LogP contribution in [0.5, 0.6) is 0 Å². The van der Waals surface area contributed by atoms with Gasteiger partial charge < -0.3 is 34.2 Å². The Balaban J connectivity index is 4.35. The van der Waals surface area contributed by atoms with Crippen LogP contribution in [0.1, 0.15) is 367 Å². The van der Waals surface area contributed by atoms with E-state index in [9.17, 15) is 43.5 Å². The van der Waals surface area contributed by atoms with Crippen LogP contribution >= 0.6 is 15.6 Å². The van der Waals surface area contributed by atoms with Crippen LogP contribution in [0, 0.1) is 0 Å². The van der Waals surface area contributed by atoms with Crippen LogP contribution in [-0.4, -0.2) is 95.9 Å². The standard InChI is InChI=1S/C83H150O16P2/c1-4-7-10-13-16-19-22-25-28-29-30-31-32-33-34-35-36-37-38-39-40-41-42-43-44-45-46-47-50-52-54-57-60-63-66-69-81(86)93-72-78(84)73-95-100(89,90)96-74-79(85)75-97-101(91,92)98-77-80(99-83(88)71-68-65-62-59-56-53-49-27-24-21-18-15-12-9-6-3)76-94-82(87)70-67-64-61-58-55-51-48-26-23-20-17-14-11-8-5-2/h7,10,16,19,25-26,28,30-31,33-34,36-37,48,78-80,84-85H,4-6,8-9,11-15,17-18,20-24,27,29,32,35,38-47,49-77H2,1-3H3,(H,89,90)(H,91,92)/b10-7-,19-16-,28-25-,31-30-,34-33-,37-36-,48-26-. The fourth-order valence-electron chi connectivity index (χ4n) is 11.4. The van der Waals surface area contributed by atoms with Crippen molar-refractivity contribution >= 4 is 33.6 Å². The molecule has 0 rings (SSSR count). The molecule has 588 valence electrons. The van der Waals surface area contributed by atoms with Crippen molar-refractivity contribution in [3.63, 3.8) is 0 Å². The number of carbonyl (C=O) groups is 3. The maximum Gasteiger partial charge on any atom is 0.472 e. The Labute approximate surface area is 616 Å². The summed E-state index contributed by atoms with van der Waals surface area (Å²) in [6.07, 6.45) is 86.5. The summed E-state index contributed by atoms with van der Waals surface area (Å²) in [6, 6.07) is 0. The summed E-state index contributed by atoms with van der Waals surface area (Å²) in [5.41, 5.74) is 0. The molecule has 0 spiro atoms. The molecule has 0 aliphatic heterocycles. The van der Waals surface area contributed by atoms with E-state index in [1.165, 1.54) is 186 Å². The lowest BCUT2D eigenvalue weighted by molar-refractivity contribution is -0.161. The van der Waals surface area contributed by atoms with Crippen LogP contribution in [-0.2, 0) is 55.8 Å². The SMILES string of the molecule is CC/C=C\C/C=C\C/C=C\C/C=C\C/C=C\C/C=C\CCCCCCCCCCCCCCCCCCC(=O)OCC(O)COP(=O)(O)OCC(O)COP(=O)(O)OCC(COC(=O)CCCCCCC/C=C\CCCCCCCC)OC(=O)CCCCCCCCCCCCCCCCC. The summed E-state index contributed by atoms with van der Waals surface area (Å²) < 4.78 is 61.1. The Morgan fingerprint density at radius 3 is 0.842 bits per heavy atom. The molecule has 4 N–H and O–H groups in total. The number of unbranched alkanes of at least 4 members (excludes halogenated alkanes) is 41. The zero-order valence-electron chi connectivity index (χ0n) is 64.3. The van der Waals surface area contributed by atoms with Crippen molar-refractivity contribution in [1.82, 2.24) is 0 Å². The molecule has 5 unspecified atom stereocenters. The predicted molar refractivity (Wildman–Crippen MR) is 418 cm³/mol. The highest BCUT2D eigenvalue weighted by molar-refractivity contribution is 7.47. The van der Waals surface area contributed by atoms with Gasteiger partial charge in [-0.2, -0.15) is 0 Å². The summed E-state index contributed by atoms with van der Waals surface area (Å²) in [5.74, 6) is -1.56. The van der Waals surface area contributed by atoms with Gasteiger partial charge in [0.25, 0.3) is 0 Å². The Bertz CT molecular complexity index is 2180. The number of aliphatic hydroxyl groups is 2. The first kappa shape index (κ1) is 97.7. The molecule has 0 heterocycles. The van der Waals surface area contributed by atoms with E-state index in [4.69, 9.17) is 32.3 Å². The molecule has 0 radical (unpaired) electrons. The van der Waals surface area contributed by atoms with Crippen LogP contribution in [0.4, 0.5) is 0 Å². The van der Waals surface area contributed by atoms with Crippen LogP contribution < -0.4 is 0 Å². The largest absolute Gasteiger partial charge is 0.472 e. The van der Waals surface area contributed by atoms with Gasteiger partial charge in [-0.3, -0.25) is 32.5 Å². The molecule has 0 amide bonds. The Morgan fingerprint density at radius 1 is 0.287 bits per heavy atom. The summed E-state index contributed by atoms with van der Waals surface area (Å²) in [4.78, 5) is 58.6. The van der Waals surface area contributed by atoms with E-state index < -0.39 is 91.5 Å². The first-order valence-electron chi connectivity index (χ1n) is 40.9. The first-order valence-corrected chi connectivity index (χ1v) is 43.9. The molecule has 0 aromatic heterocycles. The monoisotopic (exact) mass is 1470 g/mol. The molecule has 16 nitrogen and oxygen atoms in total. The van der Waals surface area contributed by atoms with Crippen molar-refractivity contribution in [2.24, 2.45) is 0 Å². The third-order valence-corrected chi connectivity index (χ3v) is 19.5. The van der Waals surface area contributed by atoms with Gasteiger partial charge in [0, 0.05) is 19.3 Å². The third-order valence-electron chi connectivity index (χ3n) is 17.6. The topological polar surface area (TPSA) is 231 Å². The molecule has 0 aliphatic rings. The number of phosphoric ester groups is 2. The van der Waals surface area contributed by atoms with Gasteiger partial charge in [-0.15, -0.1) is 0 Å². The summed E-state index contributed by atoms with van der Waals surface area (Å²) in [5, 5.41) is 20.6. The van der Waals surface area contributed by atoms with Crippen molar-refractivity contribution in [2.45, 2.75) is 386 Å². The quantitative estimate of drug-likeness (QED) is 0.0146. The van der Waals surface area contributed by atoms with Crippen LogP contribution in [0.3, 0.4) is 0 Å². The smallest absolute Gasteiger partial charge is 0.463 e. The minimum atomic E-state index is -4.92. The molecule has 0 aromatic carbocycles. The first-order chi connectivity index (χ1) is 49.2. The van der Waals surface area contributed by atoms with Crippen LogP contribution in [0.2, 0.25) is 0 Å². The normalized spacial score (nSPS) is 14.4. The number of carbonyl (C=O) groups excluding carboxylic acids is 3. The molecule has 0 saturated carbocycles. The second-order valence-corrected chi connectivity index (χ2v) is 30.5. The second kappa shape index (κ2) is 76.4. The van der Waals surface area contributed by atoms with E-state index in [-0.39, 0.29) is 19.3 Å². The summed E-state index contributed by atoms with van der Waals surface area (Å²) in [6.45, 7) is 2.61. The molecule has 0 bridgehead atoms. The molecule has 0 aliphatic carbocycles. The average molecular weight is 1470 g/mol. The minimum Gasteiger partial charge on any atom is -0.463 e. The van der Waals surface area contributed by atoms with Crippen LogP contribution in [0.15, 0.2) is 85.1 Å². The highest BCUT2D eigenvalue weighted by Crippen LogP contribution is 2.45. The van der Waals surface area contributed by atoms with Gasteiger partial charge in [0.05, 0.1) is 26.4 Å². The number of allylic oxidation sites excluding steroid dienone is 14. The summed E-state index contributed by atoms with van der Waals surface area (Å²) in [7, 11) is -9.77. The number of hydrogen-bond donors (Lipinski definition) is 4. The van der Waals surface area contributed by atoms with Crippen molar-refractivity contribution < 1.29 is 75.8 Å². The lowest BCUT2D eigenvalue weighted by atomic mass is 10.0. The number of rotatable bonds is 78. The number of hydrogen-bond acceptors (Lipinski definition) is 14. The van der Waals surface area contributed by atoms with E-state index in [1.54, 1.807) is 0 Å². The lowest BCUT2D eigenvalue weighted by Crippen LogP contribution is -2.30. The highest BCUT2D eigenvalue weighted by atomic mass is 31.2. The van der Waals surface area contributed by atoms with Crippen molar-refractivity contribution in [2.75, 3.05) is 39.6 Å². The molecular formula is C83H150O16P2. The fourth-order valence-corrected chi connectivity index (χ4v) is 13.0. The number of esters is 3. The van der Waals surface area contributed by atoms with Gasteiger partial charge >= 0.3 is 33.6 Å². The van der Waals surface area contributed by atoms with Crippen molar-refractivity contribution in [1.29, 1.82) is 0 Å². The van der Waals surface area contributed by atoms with Gasteiger partial charge in [-0.25, -0.2) is 9.13 Å². The Hall–Kier alpha value is -3.27. The van der Waals surface area contributed by atoms with Crippen LogP contribution in [0.25, 0.3) is 0 Å². The Kier molecular flexibility index (Phi) is 73.9. The van der Waals surface area contributed by atoms with E-state index >= 15 is 0 Å². The second-order valence-electron chi connectivity index (χ2n) is 27.6.